The molecule has 156 valence electrons. The fourth-order valence-electron chi connectivity index (χ4n) is 3.56. The van der Waals surface area contributed by atoms with Crippen LogP contribution in [-0.4, -0.2) is 69.2 Å². The first-order valence-electron chi connectivity index (χ1n) is 9.77. The minimum absolute atomic E-state index is 0.0626. The molecule has 1 aromatic carbocycles. The molecule has 0 saturated carbocycles. The summed E-state index contributed by atoms with van der Waals surface area (Å²) in [4.78, 5) is 36.6. The van der Waals surface area contributed by atoms with Gasteiger partial charge in [0.1, 0.15) is 12.1 Å². The van der Waals surface area contributed by atoms with Gasteiger partial charge in [0.2, 0.25) is 11.8 Å². The Kier molecular flexibility index (Phi) is 5.57. The van der Waals surface area contributed by atoms with E-state index in [9.17, 15) is 9.59 Å². The maximum atomic E-state index is 12.4. The number of rotatable bonds is 5. The fourth-order valence-corrected chi connectivity index (χ4v) is 3.56. The van der Waals surface area contributed by atoms with Gasteiger partial charge in [0, 0.05) is 51.5 Å². The number of hydrogen-bond donors (Lipinski definition) is 2. The van der Waals surface area contributed by atoms with Crippen LogP contribution in [0.25, 0.3) is 11.0 Å². The highest BCUT2D eigenvalue weighted by atomic mass is 16.2. The maximum absolute atomic E-state index is 12.4. The SMILES string of the molecule is CC(=O)Nc1ccc(NC(=O)CN2CCN(c3ncnc4c3cnn4C)CC2)cc1. The number of fused-ring (bicyclic) bond motifs is 1. The number of piperazine rings is 1. The van der Waals surface area contributed by atoms with Crippen molar-refractivity contribution in [2.45, 2.75) is 6.92 Å². The van der Waals surface area contributed by atoms with E-state index >= 15 is 0 Å². The summed E-state index contributed by atoms with van der Waals surface area (Å²) in [7, 11) is 1.86. The van der Waals surface area contributed by atoms with Gasteiger partial charge in [0.25, 0.3) is 0 Å². The number of hydrogen-bond acceptors (Lipinski definition) is 7. The van der Waals surface area contributed by atoms with Crippen LogP contribution in [0.1, 0.15) is 6.92 Å². The lowest BCUT2D eigenvalue weighted by Crippen LogP contribution is -2.49. The molecule has 3 heterocycles. The molecule has 2 N–H and O–H groups in total. The summed E-state index contributed by atoms with van der Waals surface area (Å²) < 4.78 is 1.74. The first kappa shape index (κ1) is 19.8. The average molecular weight is 408 g/mol. The van der Waals surface area contributed by atoms with E-state index in [0.717, 1.165) is 43.0 Å². The molecule has 1 aliphatic heterocycles. The number of carbonyl (C=O) groups is 2. The molecule has 4 rings (SSSR count). The number of nitrogens with one attached hydrogen (secondary N) is 2. The van der Waals surface area contributed by atoms with E-state index in [4.69, 9.17) is 0 Å². The summed E-state index contributed by atoms with van der Waals surface area (Å²) >= 11 is 0. The van der Waals surface area contributed by atoms with E-state index in [1.807, 2.05) is 7.05 Å². The summed E-state index contributed by atoms with van der Waals surface area (Å²) in [5.41, 5.74) is 2.21. The highest BCUT2D eigenvalue weighted by molar-refractivity contribution is 5.93. The van der Waals surface area contributed by atoms with Gasteiger partial charge in [0.15, 0.2) is 5.65 Å². The van der Waals surface area contributed by atoms with E-state index < -0.39 is 0 Å². The third kappa shape index (κ3) is 4.38. The molecular weight excluding hydrogens is 384 g/mol. The highest BCUT2D eigenvalue weighted by Crippen LogP contribution is 2.23. The zero-order chi connectivity index (χ0) is 21.1. The quantitative estimate of drug-likeness (QED) is 0.650. The average Bonchev–Trinajstić information content (AvgIpc) is 3.11. The van der Waals surface area contributed by atoms with Crippen LogP contribution < -0.4 is 15.5 Å². The monoisotopic (exact) mass is 408 g/mol. The van der Waals surface area contributed by atoms with Crippen molar-refractivity contribution in [1.29, 1.82) is 0 Å². The first-order valence-corrected chi connectivity index (χ1v) is 9.77. The van der Waals surface area contributed by atoms with Crippen LogP contribution in [0.2, 0.25) is 0 Å². The van der Waals surface area contributed by atoms with Gasteiger partial charge >= 0.3 is 0 Å². The zero-order valence-electron chi connectivity index (χ0n) is 17.0. The fraction of sp³-hybridized carbons (Fsp3) is 0.350. The van der Waals surface area contributed by atoms with Crippen molar-refractivity contribution in [3.8, 4) is 0 Å². The Hall–Kier alpha value is -3.53. The van der Waals surface area contributed by atoms with Crippen molar-refractivity contribution in [1.82, 2.24) is 24.6 Å². The number of amides is 2. The lowest BCUT2D eigenvalue weighted by atomic mass is 10.2. The second-order valence-corrected chi connectivity index (χ2v) is 7.27. The molecule has 2 aromatic heterocycles. The van der Waals surface area contributed by atoms with E-state index in [-0.39, 0.29) is 11.8 Å². The standard InChI is InChI=1S/C20H24N8O2/c1-14(29)24-15-3-5-16(6-4-15)25-18(30)12-27-7-9-28(10-8-27)20-17-11-23-26(2)19(17)21-13-22-20/h3-6,11,13H,7-10,12H2,1-2H3,(H,24,29)(H,25,30). The van der Waals surface area contributed by atoms with Gasteiger partial charge in [-0.3, -0.25) is 19.2 Å². The Morgan fingerprint density at radius 1 is 1.00 bits per heavy atom. The van der Waals surface area contributed by atoms with Gasteiger partial charge in [-0.05, 0) is 24.3 Å². The van der Waals surface area contributed by atoms with Gasteiger partial charge in [0.05, 0.1) is 18.1 Å². The Morgan fingerprint density at radius 2 is 1.67 bits per heavy atom. The number of aromatic nitrogens is 4. The maximum Gasteiger partial charge on any atom is 0.238 e. The topological polar surface area (TPSA) is 108 Å². The molecule has 30 heavy (non-hydrogen) atoms. The lowest BCUT2D eigenvalue weighted by Gasteiger charge is -2.35. The van der Waals surface area contributed by atoms with E-state index in [1.54, 1.807) is 41.5 Å². The number of benzene rings is 1. The zero-order valence-corrected chi connectivity index (χ0v) is 17.0. The Morgan fingerprint density at radius 3 is 2.33 bits per heavy atom. The van der Waals surface area contributed by atoms with Gasteiger partial charge in [-0.25, -0.2) is 9.97 Å². The van der Waals surface area contributed by atoms with Crippen molar-refractivity contribution in [3.63, 3.8) is 0 Å². The Bertz CT molecular complexity index is 1050. The number of nitrogens with zero attached hydrogens (tertiary/aromatic N) is 6. The highest BCUT2D eigenvalue weighted by Gasteiger charge is 2.22. The van der Waals surface area contributed by atoms with Crippen LogP contribution in [0, 0.1) is 0 Å². The molecule has 10 nitrogen and oxygen atoms in total. The van der Waals surface area contributed by atoms with E-state index in [2.05, 4.69) is 35.5 Å². The van der Waals surface area contributed by atoms with E-state index in [1.165, 1.54) is 6.92 Å². The largest absolute Gasteiger partial charge is 0.353 e. The van der Waals surface area contributed by atoms with Crippen LogP contribution in [0.5, 0.6) is 0 Å². The number of anilines is 3. The summed E-state index contributed by atoms with van der Waals surface area (Å²) in [6, 6.07) is 7.07. The van der Waals surface area contributed by atoms with Crippen molar-refractivity contribution in [2.24, 2.45) is 7.05 Å². The molecule has 0 unspecified atom stereocenters. The van der Waals surface area contributed by atoms with E-state index in [0.29, 0.717) is 17.9 Å². The smallest absolute Gasteiger partial charge is 0.238 e. The minimum Gasteiger partial charge on any atom is -0.353 e. The van der Waals surface area contributed by atoms with Crippen molar-refractivity contribution in [3.05, 3.63) is 36.8 Å². The van der Waals surface area contributed by atoms with Crippen LogP contribution in [-0.2, 0) is 16.6 Å². The van der Waals surface area contributed by atoms with Gasteiger partial charge in [-0.1, -0.05) is 0 Å². The summed E-state index contributed by atoms with van der Waals surface area (Å²) in [5, 5.41) is 10.8. The molecule has 2 amide bonds. The Balaban J connectivity index is 1.30. The molecule has 1 saturated heterocycles. The normalized spacial score (nSPS) is 14.7. The summed E-state index contributed by atoms with van der Waals surface area (Å²) in [5.74, 6) is 0.695. The molecule has 3 aromatic rings. The van der Waals surface area contributed by atoms with Crippen LogP contribution >= 0.6 is 0 Å². The second-order valence-electron chi connectivity index (χ2n) is 7.27. The number of aryl methyl sites for hydroxylation is 1. The molecule has 1 aliphatic rings. The lowest BCUT2D eigenvalue weighted by molar-refractivity contribution is -0.117. The third-order valence-electron chi connectivity index (χ3n) is 5.04. The van der Waals surface area contributed by atoms with Crippen LogP contribution in [0.15, 0.2) is 36.8 Å². The third-order valence-corrected chi connectivity index (χ3v) is 5.04. The molecular formula is C20H24N8O2. The van der Waals surface area contributed by atoms with Crippen molar-refractivity contribution >= 4 is 40.0 Å². The van der Waals surface area contributed by atoms with Crippen LogP contribution in [0.3, 0.4) is 0 Å². The molecule has 1 fully saturated rings. The minimum atomic E-state index is -0.128. The Labute approximate surface area is 173 Å². The van der Waals surface area contributed by atoms with Crippen molar-refractivity contribution < 1.29 is 9.59 Å². The molecule has 0 bridgehead atoms. The van der Waals surface area contributed by atoms with Crippen molar-refractivity contribution in [2.75, 3.05) is 48.3 Å². The molecule has 0 spiro atoms. The van der Waals surface area contributed by atoms with Gasteiger partial charge < -0.3 is 15.5 Å². The molecule has 10 heteroatoms. The number of carbonyl (C=O) groups excluding carboxylic acids is 2. The van der Waals surface area contributed by atoms with Gasteiger partial charge in [-0.15, -0.1) is 0 Å². The summed E-state index contributed by atoms with van der Waals surface area (Å²) in [6.45, 7) is 4.87. The first-order chi connectivity index (χ1) is 14.5. The molecule has 0 atom stereocenters. The predicted molar refractivity (Wildman–Crippen MR) is 114 cm³/mol. The van der Waals surface area contributed by atoms with Gasteiger partial charge in [-0.2, -0.15) is 5.10 Å². The molecule has 0 aliphatic carbocycles. The second kappa shape index (κ2) is 8.46. The predicted octanol–water partition coefficient (Wildman–Crippen LogP) is 1.08. The van der Waals surface area contributed by atoms with Crippen LogP contribution in [0.4, 0.5) is 17.2 Å². The molecule has 0 radical (unpaired) electrons. The summed E-state index contributed by atoms with van der Waals surface area (Å²) in [6.07, 6.45) is 3.36.